The first-order valence-electron chi connectivity index (χ1n) is 8.41. The van der Waals surface area contributed by atoms with Crippen LogP contribution in [-0.4, -0.2) is 56.4 Å². The number of esters is 1. The van der Waals surface area contributed by atoms with Crippen LogP contribution in [-0.2, 0) is 16.0 Å². The maximum absolute atomic E-state index is 12.1. The number of anilines is 2. The van der Waals surface area contributed by atoms with Crippen LogP contribution in [0.3, 0.4) is 0 Å². The fraction of sp³-hybridized carbons (Fsp3) is 0.389. The summed E-state index contributed by atoms with van der Waals surface area (Å²) in [6, 6.07) is 5.52. The van der Waals surface area contributed by atoms with Gasteiger partial charge in [0.25, 0.3) is 0 Å². The number of ether oxygens (including phenoxy) is 2. The summed E-state index contributed by atoms with van der Waals surface area (Å²) < 4.78 is 11.0. The van der Waals surface area contributed by atoms with E-state index < -0.39 is 0 Å². The zero-order chi connectivity index (χ0) is 19.4. The lowest BCUT2D eigenvalue weighted by atomic mass is 10.1. The van der Waals surface area contributed by atoms with Gasteiger partial charge < -0.3 is 19.3 Å². The van der Waals surface area contributed by atoms with Crippen LogP contribution >= 0.6 is 27.5 Å². The molecule has 0 atom stereocenters. The van der Waals surface area contributed by atoms with Gasteiger partial charge >= 0.3 is 5.97 Å². The number of aromatic nitrogens is 2. The van der Waals surface area contributed by atoms with E-state index in [-0.39, 0.29) is 11.3 Å². The van der Waals surface area contributed by atoms with Crippen LogP contribution in [0, 0.1) is 0 Å². The molecule has 2 heterocycles. The molecule has 1 aromatic heterocycles. The highest BCUT2D eigenvalue weighted by Crippen LogP contribution is 2.33. The highest BCUT2D eigenvalue weighted by atomic mass is 79.9. The Morgan fingerprint density at radius 1 is 1.30 bits per heavy atom. The molecule has 144 valence electrons. The number of carbonyl (C=O) groups is 1. The van der Waals surface area contributed by atoms with E-state index in [1.807, 2.05) is 12.1 Å². The first-order valence-corrected chi connectivity index (χ1v) is 9.58. The predicted molar refractivity (Wildman–Crippen MR) is 108 cm³/mol. The molecular formula is C18H20BrClN4O3. The molecule has 1 aliphatic heterocycles. The number of hydrogen-bond donors (Lipinski definition) is 0. The number of nitrogens with zero attached hydrogens (tertiary/aromatic N) is 4. The first-order chi connectivity index (χ1) is 13.0. The van der Waals surface area contributed by atoms with E-state index in [1.165, 1.54) is 7.11 Å². The Balaban J connectivity index is 1.93. The number of benzene rings is 1. The molecule has 27 heavy (non-hydrogen) atoms. The summed E-state index contributed by atoms with van der Waals surface area (Å²) in [5.74, 6) is 0.414. The largest absolute Gasteiger partial charge is 0.465 e. The minimum absolute atomic E-state index is 0.204. The van der Waals surface area contributed by atoms with Crippen molar-refractivity contribution in [1.29, 1.82) is 0 Å². The summed E-state index contributed by atoms with van der Waals surface area (Å²) in [7, 11) is 3.06. The second kappa shape index (κ2) is 8.86. The topological polar surface area (TPSA) is 67.8 Å². The van der Waals surface area contributed by atoms with E-state index in [4.69, 9.17) is 21.1 Å². The van der Waals surface area contributed by atoms with Gasteiger partial charge in [0.05, 0.1) is 31.2 Å². The monoisotopic (exact) mass is 454 g/mol. The Hall–Kier alpha value is -1.90. The van der Waals surface area contributed by atoms with Crippen LogP contribution in [0.2, 0.25) is 5.28 Å². The van der Waals surface area contributed by atoms with E-state index in [0.717, 1.165) is 41.2 Å². The first kappa shape index (κ1) is 19.9. The molecule has 3 rings (SSSR count). The van der Waals surface area contributed by atoms with Crippen molar-refractivity contribution in [2.24, 2.45) is 0 Å². The lowest BCUT2D eigenvalue weighted by Gasteiger charge is -2.37. The average Bonchev–Trinajstić information content (AvgIpc) is 2.66. The molecule has 0 bridgehead atoms. The quantitative estimate of drug-likeness (QED) is 0.489. The molecule has 0 saturated heterocycles. The van der Waals surface area contributed by atoms with Gasteiger partial charge in [0, 0.05) is 37.8 Å². The van der Waals surface area contributed by atoms with Gasteiger partial charge in [-0.1, -0.05) is 15.9 Å². The fourth-order valence-electron chi connectivity index (χ4n) is 3.06. The molecule has 0 aliphatic carbocycles. The fourth-order valence-corrected chi connectivity index (χ4v) is 3.60. The molecule has 7 nitrogen and oxygen atoms in total. The van der Waals surface area contributed by atoms with E-state index in [9.17, 15) is 4.79 Å². The van der Waals surface area contributed by atoms with Crippen LogP contribution in [0.25, 0.3) is 0 Å². The Labute approximate surface area is 171 Å². The summed E-state index contributed by atoms with van der Waals surface area (Å²) in [6.45, 7) is 3.37. The van der Waals surface area contributed by atoms with Gasteiger partial charge in [-0.05, 0) is 35.4 Å². The number of rotatable bonds is 6. The Morgan fingerprint density at radius 2 is 2.07 bits per heavy atom. The molecule has 0 N–H and O–H groups in total. The van der Waals surface area contributed by atoms with E-state index in [0.29, 0.717) is 18.7 Å². The minimum atomic E-state index is -0.358. The van der Waals surface area contributed by atoms with Crippen molar-refractivity contribution in [3.05, 3.63) is 45.3 Å². The second-order valence-corrected chi connectivity index (χ2v) is 7.30. The van der Waals surface area contributed by atoms with Crippen molar-refractivity contribution in [1.82, 2.24) is 9.97 Å². The van der Waals surface area contributed by atoms with Crippen molar-refractivity contribution in [3.63, 3.8) is 0 Å². The third-order valence-corrected chi connectivity index (χ3v) is 5.08. The number of hydrogen-bond acceptors (Lipinski definition) is 7. The third-order valence-electron chi connectivity index (χ3n) is 4.40. The number of carbonyl (C=O) groups excluding carboxylic acids is 1. The minimum Gasteiger partial charge on any atom is -0.465 e. The molecule has 1 aromatic carbocycles. The van der Waals surface area contributed by atoms with Gasteiger partial charge in [-0.25, -0.2) is 9.78 Å². The molecule has 9 heteroatoms. The Morgan fingerprint density at radius 3 is 2.81 bits per heavy atom. The maximum Gasteiger partial charge on any atom is 0.338 e. The molecule has 2 aromatic rings. The van der Waals surface area contributed by atoms with Gasteiger partial charge in [-0.2, -0.15) is 4.98 Å². The molecule has 0 amide bonds. The number of methoxy groups -OCH3 is 2. The second-order valence-electron chi connectivity index (χ2n) is 6.04. The average molecular weight is 456 g/mol. The molecule has 0 radical (unpaired) electrons. The van der Waals surface area contributed by atoms with Crippen molar-refractivity contribution < 1.29 is 14.3 Å². The lowest BCUT2D eigenvalue weighted by molar-refractivity contribution is 0.0599. The lowest BCUT2D eigenvalue weighted by Crippen LogP contribution is -2.43. The highest BCUT2D eigenvalue weighted by molar-refractivity contribution is 9.10. The summed E-state index contributed by atoms with van der Waals surface area (Å²) in [4.78, 5) is 25.0. The normalized spacial score (nSPS) is 13.5. The van der Waals surface area contributed by atoms with Crippen LogP contribution in [0.5, 0.6) is 0 Å². The number of halogens is 2. The van der Waals surface area contributed by atoms with E-state index in [1.54, 1.807) is 19.4 Å². The molecule has 0 saturated carbocycles. The number of fused-ring (bicyclic) bond motifs is 1. The molecule has 1 aliphatic rings. The van der Waals surface area contributed by atoms with Crippen molar-refractivity contribution in [3.8, 4) is 0 Å². The van der Waals surface area contributed by atoms with Gasteiger partial charge in [-0.3, -0.25) is 0 Å². The molecule has 0 spiro atoms. The van der Waals surface area contributed by atoms with Crippen molar-refractivity contribution in [2.75, 3.05) is 50.3 Å². The van der Waals surface area contributed by atoms with Gasteiger partial charge in [-0.15, -0.1) is 0 Å². The smallest absolute Gasteiger partial charge is 0.338 e. The van der Waals surface area contributed by atoms with Crippen molar-refractivity contribution >= 4 is 45.0 Å². The van der Waals surface area contributed by atoms with Gasteiger partial charge in [0.15, 0.2) is 5.82 Å². The van der Waals surface area contributed by atoms with E-state index in [2.05, 4.69) is 35.7 Å². The van der Waals surface area contributed by atoms with Gasteiger partial charge in [0.1, 0.15) is 0 Å². The summed E-state index contributed by atoms with van der Waals surface area (Å²) in [6.07, 6.45) is 1.72. The summed E-state index contributed by atoms with van der Waals surface area (Å²) in [5.41, 5.74) is 2.28. The third kappa shape index (κ3) is 4.51. The van der Waals surface area contributed by atoms with E-state index >= 15 is 0 Å². The maximum atomic E-state index is 12.1. The molecule has 0 unspecified atom stereocenters. The van der Waals surface area contributed by atoms with Crippen molar-refractivity contribution in [2.45, 2.75) is 6.54 Å². The van der Waals surface area contributed by atoms with Crippen LogP contribution < -0.4 is 9.80 Å². The van der Waals surface area contributed by atoms with Crippen LogP contribution in [0.15, 0.2) is 28.9 Å². The Bertz CT molecular complexity index is 836. The SMILES string of the molecule is COCCN1CCN(Cc2cc(Br)ccc2C(=O)OC)c2cnc(Cl)nc21. The molecular weight excluding hydrogens is 436 g/mol. The standard InChI is InChI=1S/C18H20BrClN4O3/c1-26-8-7-23-5-6-24(15-10-21-18(20)22-16(15)23)11-12-9-13(19)3-4-14(12)17(25)27-2/h3-4,9-10H,5-8,11H2,1-2H3. The summed E-state index contributed by atoms with van der Waals surface area (Å²) >= 11 is 9.50. The zero-order valence-electron chi connectivity index (χ0n) is 15.1. The predicted octanol–water partition coefficient (Wildman–Crippen LogP) is 3.15. The zero-order valence-corrected chi connectivity index (χ0v) is 17.5. The van der Waals surface area contributed by atoms with Gasteiger partial charge in [0.2, 0.25) is 5.28 Å². The Kier molecular flexibility index (Phi) is 6.51. The highest BCUT2D eigenvalue weighted by Gasteiger charge is 2.26. The summed E-state index contributed by atoms with van der Waals surface area (Å²) in [5, 5.41) is 0.204. The molecule has 0 fully saturated rings. The van der Waals surface area contributed by atoms with Crippen LogP contribution in [0.1, 0.15) is 15.9 Å². The van der Waals surface area contributed by atoms with Crippen LogP contribution in [0.4, 0.5) is 11.5 Å².